The Bertz CT molecular complexity index is 1570. The molecule has 3 N–H and O–H groups in total. The summed E-state index contributed by atoms with van der Waals surface area (Å²) in [5.41, 5.74) is 5.61. The molecule has 9 heteroatoms. The molecule has 1 fully saturated rings. The number of fused-ring (bicyclic) bond motifs is 2. The second-order valence-corrected chi connectivity index (χ2v) is 8.55. The van der Waals surface area contributed by atoms with E-state index in [1.54, 1.807) is 12.3 Å². The smallest absolute Gasteiger partial charge is 0.182 e. The Balaban J connectivity index is 0.00000253. The van der Waals surface area contributed by atoms with Gasteiger partial charge in [-0.25, -0.2) is 9.37 Å². The number of nitrogens with zero attached hydrogens (tertiary/aromatic N) is 4. The highest BCUT2D eigenvalue weighted by molar-refractivity contribution is 6.01. The molecule has 7 nitrogen and oxygen atoms in total. The SMILES string of the molecule is Cc1[nH]nc2nc(-c3cc4cc[nH]c4cc3F)c(C#N)c(-c3ccc(N4CCNCC4)cc3)c12.Cl. The molecule has 2 aromatic carbocycles. The summed E-state index contributed by atoms with van der Waals surface area (Å²) >= 11 is 0. The van der Waals surface area contributed by atoms with E-state index in [2.05, 4.69) is 48.6 Å². The topological polar surface area (TPSA) is 96.4 Å². The van der Waals surface area contributed by atoms with E-state index in [0.717, 1.165) is 53.9 Å². The van der Waals surface area contributed by atoms with Crippen LogP contribution in [0.4, 0.5) is 10.1 Å². The average Bonchev–Trinajstić information content (AvgIpc) is 3.48. The number of nitrogens with one attached hydrogen (secondary N) is 3. The van der Waals surface area contributed by atoms with Gasteiger partial charge in [0.25, 0.3) is 0 Å². The Kier molecular flexibility index (Phi) is 5.89. The van der Waals surface area contributed by atoms with Crippen LogP contribution in [-0.2, 0) is 0 Å². The van der Waals surface area contributed by atoms with Crippen LogP contribution in [-0.4, -0.2) is 46.3 Å². The number of piperazine rings is 1. The highest BCUT2D eigenvalue weighted by atomic mass is 35.5. The zero-order valence-corrected chi connectivity index (χ0v) is 19.8. The lowest BCUT2D eigenvalue weighted by Crippen LogP contribution is -2.43. The minimum atomic E-state index is -0.439. The number of aryl methyl sites for hydroxylation is 1. The fourth-order valence-electron chi connectivity index (χ4n) is 4.81. The molecule has 176 valence electrons. The summed E-state index contributed by atoms with van der Waals surface area (Å²) in [5, 5.41) is 22.6. The summed E-state index contributed by atoms with van der Waals surface area (Å²) in [6.45, 7) is 5.73. The first-order chi connectivity index (χ1) is 16.6. The number of aromatic amines is 2. The Labute approximate surface area is 207 Å². The van der Waals surface area contributed by atoms with Crippen LogP contribution in [0.15, 0.2) is 48.7 Å². The Morgan fingerprint density at radius 1 is 1.09 bits per heavy atom. The van der Waals surface area contributed by atoms with Crippen molar-refractivity contribution in [2.45, 2.75) is 6.92 Å². The number of anilines is 1. The molecule has 35 heavy (non-hydrogen) atoms. The number of nitriles is 1. The fourth-order valence-corrected chi connectivity index (χ4v) is 4.81. The Morgan fingerprint density at radius 2 is 1.86 bits per heavy atom. The molecule has 4 heterocycles. The van der Waals surface area contributed by atoms with Crippen molar-refractivity contribution in [3.8, 4) is 28.5 Å². The van der Waals surface area contributed by atoms with Gasteiger partial charge < -0.3 is 15.2 Å². The molecule has 0 bridgehead atoms. The van der Waals surface area contributed by atoms with Crippen molar-refractivity contribution in [1.29, 1.82) is 5.26 Å². The van der Waals surface area contributed by atoms with Gasteiger partial charge in [-0.2, -0.15) is 10.4 Å². The van der Waals surface area contributed by atoms with Crippen LogP contribution < -0.4 is 10.2 Å². The zero-order chi connectivity index (χ0) is 23.2. The van der Waals surface area contributed by atoms with Crippen LogP contribution in [0, 0.1) is 24.1 Å². The molecular formula is C26H23ClFN7. The average molecular weight is 488 g/mol. The molecule has 0 saturated carbocycles. The van der Waals surface area contributed by atoms with Gasteiger partial charge in [0, 0.05) is 65.8 Å². The molecule has 0 amide bonds. The van der Waals surface area contributed by atoms with Gasteiger partial charge in [-0.1, -0.05) is 12.1 Å². The van der Waals surface area contributed by atoms with Crippen molar-refractivity contribution in [3.05, 3.63) is 65.7 Å². The Morgan fingerprint density at radius 3 is 2.60 bits per heavy atom. The highest BCUT2D eigenvalue weighted by Gasteiger charge is 2.23. The molecule has 1 aliphatic heterocycles. The fraction of sp³-hybridized carbons (Fsp3) is 0.192. The summed E-state index contributed by atoms with van der Waals surface area (Å²) in [5.74, 6) is -0.439. The number of aromatic nitrogens is 4. The van der Waals surface area contributed by atoms with Gasteiger partial charge in [-0.15, -0.1) is 12.4 Å². The number of hydrogen-bond acceptors (Lipinski definition) is 5. The molecule has 1 aliphatic rings. The second kappa shape index (κ2) is 9.02. The van der Waals surface area contributed by atoms with E-state index in [9.17, 15) is 5.26 Å². The summed E-state index contributed by atoms with van der Waals surface area (Å²) < 4.78 is 15.2. The maximum Gasteiger partial charge on any atom is 0.182 e. The van der Waals surface area contributed by atoms with Crippen LogP contribution in [0.1, 0.15) is 11.3 Å². The third-order valence-corrected chi connectivity index (χ3v) is 6.53. The third-order valence-electron chi connectivity index (χ3n) is 6.53. The predicted molar refractivity (Wildman–Crippen MR) is 138 cm³/mol. The van der Waals surface area contributed by atoms with Crippen molar-refractivity contribution in [1.82, 2.24) is 25.5 Å². The number of rotatable bonds is 3. The van der Waals surface area contributed by atoms with Crippen molar-refractivity contribution < 1.29 is 4.39 Å². The molecule has 0 spiro atoms. The molecule has 3 aromatic heterocycles. The van der Waals surface area contributed by atoms with Crippen LogP contribution >= 0.6 is 12.4 Å². The quantitative estimate of drug-likeness (QED) is 0.335. The zero-order valence-electron chi connectivity index (χ0n) is 19.0. The van der Waals surface area contributed by atoms with Crippen LogP contribution in [0.5, 0.6) is 0 Å². The highest BCUT2D eigenvalue weighted by Crippen LogP contribution is 2.39. The molecule has 5 aromatic rings. The van der Waals surface area contributed by atoms with Gasteiger partial charge in [0.15, 0.2) is 5.65 Å². The molecule has 0 atom stereocenters. The van der Waals surface area contributed by atoms with Gasteiger partial charge in [-0.3, -0.25) is 5.10 Å². The molecule has 0 radical (unpaired) electrons. The van der Waals surface area contributed by atoms with E-state index >= 15 is 4.39 Å². The largest absolute Gasteiger partial charge is 0.369 e. The molecular weight excluding hydrogens is 465 g/mol. The van der Waals surface area contributed by atoms with E-state index in [1.165, 1.54) is 6.07 Å². The monoisotopic (exact) mass is 487 g/mol. The standard InChI is InChI=1S/C26H22FN7.ClH/c1-15-23-24(16-2-4-18(5-3-16)34-10-8-29-9-11-34)20(14-28)25(31-26(23)33-32-15)19-12-17-6-7-30-22(17)13-21(19)27;/h2-7,12-13,29-30H,8-11H2,1H3,(H,31,32,33);1H. The minimum Gasteiger partial charge on any atom is -0.369 e. The van der Waals surface area contributed by atoms with Crippen LogP contribution in [0.25, 0.3) is 44.3 Å². The van der Waals surface area contributed by atoms with Crippen molar-refractivity contribution in [2.24, 2.45) is 0 Å². The van der Waals surface area contributed by atoms with Gasteiger partial charge in [0.05, 0.1) is 16.6 Å². The first-order valence-electron chi connectivity index (χ1n) is 11.3. The Hall–Kier alpha value is -3.93. The molecule has 1 saturated heterocycles. The third kappa shape index (κ3) is 3.79. The van der Waals surface area contributed by atoms with E-state index in [4.69, 9.17) is 0 Å². The van der Waals surface area contributed by atoms with E-state index in [0.29, 0.717) is 28.0 Å². The minimum absolute atomic E-state index is 0. The summed E-state index contributed by atoms with van der Waals surface area (Å²) in [6.07, 6.45) is 1.76. The van der Waals surface area contributed by atoms with Gasteiger partial charge >= 0.3 is 0 Å². The normalized spacial score (nSPS) is 13.7. The molecule has 6 rings (SSSR count). The van der Waals surface area contributed by atoms with Crippen LogP contribution in [0.2, 0.25) is 0 Å². The second-order valence-electron chi connectivity index (χ2n) is 8.55. The maximum absolute atomic E-state index is 15.2. The van der Waals surface area contributed by atoms with Gasteiger partial charge in [0.2, 0.25) is 0 Å². The lowest BCUT2D eigenvalue weighted by Gasteiger charge is -2.29. The van der Waals surface area contributed by atoms with E-state index < -0.39 is 5.82 Å². The number of hydrogen-bond donors (Lipinski definition) is 3. The molecule has 0 unspecified atom stereocenters. The number of halogens is 2. The lowest BCUT2D eigenvalue weighted by molar-refractivity contribution is 0.589. The van der Waals surface area contributed by atoms with E-state index in [1.807, 2.05) is 25.1 Å². The first kappa shape index (κ1) is 22.8. The summed E-state index contributed by atoms with van der Waals surface area (Å²) in [4.78, 5) is 9.99. The number of H-pyrrole nitrogens is 2. The van der Waals surface area contributed by atoms with Crippen molar-refractivity contribution in [2.75, 3.05) is 31.1 Å². The van der Waals surface area contributed by atoms with Crippen molar-refractivity contribution >= 4 is 40.0 Å². The van der Waals surface area contributed by atoms with E-state index in [-0.39, 0.29) is 18.0 Å². The summed E-state index contributed by atoms with van der Waals surface area (Å²) in [7, 11) is 0. The lowest BCUT2D eigenvalue weighted by atomic mass is 9.92. The predicted octanol–water partition coefficient (Wildman–Crippen LogP) is 4.92. The maximum atomic E-state index is 15.2. The first-order valence-corrected chi connectivity index (χ1v) is 11.3. The summed E-state index contributed by atoms with van der Waals surface area (Å²) in [6, 6.07) is 15.6. The number of pyridine rings is 1. The van der Waals surface area contributed by atoms with Crippen molar-refractivity contribution in [3.63, 3.8) is 0 Å². The number of benzene rings is 2. The van der Waals surface area contributed by atoms with Gasteiger partial charge in [0.1, 0.15) is 11.9 Å². The molecule has 0 aliphatic carbocycles. The van der Waals surface area contributed by atoms with Crippen LogP contribution in [0.3, 0.4) is 0 Å². The van der Waals surface area contributed by atoms with Gasteiger partial charge in [-0.05, 0) is 42.8 Å².